The Labute approximate surface area is 120 Å². The van der Waals surface area contributed by atoms with Crippen molar-refractivity contribution in [1.29, 1.82) is 0 Å². The third kappa shape index (κ3) is 3.16. The molecule has 0 saturated carbocycles. The summed E-state index contributed by atoms with van der Waals surface area (Å²) in [4.78, 5) is 12.5. The first-order chi connectivity index (χ1) is 9.41. The fourth-order valence-electron chi connectivity index (χ4n) is 1.54. The Morgan fingerprint density at radius 2 is 1.90 bits per heavy atom. The zero-order chi connectivity index (χ0) is 14.8. The number of carbonyl (C=O) groups excluding carboxylic acids is 1. The molecular formula is C12H12N2O4S2. The minimum atomic E-state index is -3.73. The summed E-state index contributed by atoms with van der Waals surface area (Å²) < 4.78 is 27.3. The van der Waals surface area contributed by atoms with Crippen LogP contribution in [-0.2, 0) is 10.0 Å². The zero-order valence-corrected chi connectivity index (χ0v) is 12.1. The molecule has 1 aromatic heterocycles. The molecule has 3 N–H and O–H groups in total. The van der Waals surface area contributed by atoms with E-state index < -0.39 is 10.0 Å². The molecule has 0 atom stereocenters. The second-order valence-electron chi connectivity index (χ2n) is 3.84. The molecule has 0 radical (unpaired) electrons. The normalized spacial score (nSPS) is 11.1. The lowest BCUT2D eigenvalue weighted by Gasteiger charge is -2.06. The molecule has 1 heterocycles. The van der Waals surface area contributed by atoms with Crippen molar-refractivity contribution in [3.8, 4) is 5.75 Å². The number of rotatable bonds is 4. The Bertz CT molecular complexity index is 720. The number of nitrogens with one attached hydrogen (secondary N) is 1. The van der Waals surface area contributed by atoms with Gasteiger partial charge < -0.3 is 10.1 Å². The maximum absolute atomic E-state index is 12.0. The van der Waals surface area contributed by atoms with Gasteiger partial charge in [0.2, 0.25) is 10.0 Å². The van der Waals surface area contributed by atoms with Gasteiger partial charge in [0.15, 0.2) is 0 Å². The van der Waals surface area contributed by atoms with Crippen molar-refractivity contribution in [1.82, 2.24) is 0 Å². The molecular weight excluding hydrogens is 300 g/mol. The standard InChI is InChI=1S/C12H12N2O4S2/c1-18-10-6-7-19-11(10)12(15)14-8-2-4-9(5-3-8)20(13,16)17/h2-7H,1H3,(H,14,15)(H2,13,16,17). The van der Waals surface area contributed by atoms with Crippen LogP contribution in [0.1, 0.15) is 9.67 Å². The van der Waals surface area contributed by atoms with Crippen molar-refractivity contribution in [2.24, 2.45) is 5.14 Å². The number of ether oxygens (including phenoxy) is 1. The van der Waals surface area contributed by atoms with E-state index in [1.807, 2.05) is 0 Å². The van der Waals surface area contributed by atoms with Crippen LogP contribution in [-0.4, -0.2) is 21.4 Å². The predicted octanol–water partition coefficient (Wildman–Crippen LogP) is 1.66. The second-order valence-corrected chi connectivity index (χ2v) is 6.32. The highest BCUT2D eigenvalue weighted by molar-refractivity contribution is 7.89. The van der Waals surface area contributed by atoms with E-state index in [2.05, 4.69) is 5.32 Å². The fraction of sp³-hybridized carbons (Fsp3) is 0.0833. The summed E-state index contributed by atoms with van der Waals surface area (Å²) in [7, 11) is -2.25. The molecule has 0 aliphatic rings. The number of hydrogen-bond donors (Lipinski definition) is 2. The number of carbonyl (C=O) groups is 1. The molecule has 8 heteroatoms. The van der Waals surface area contributed by atoms with Crippen molar-refractivity contribution < 1.29 is 17.9 Å². The van der Waals surface area contributed by atoms with E-state index in [0.717, 1.165) is 0 Å². The number of benzene rings is 1. The number of amides is 1. The Balaban J connectivity index is 2.17. The minimum absolute atomic E-state index is 0.01000. The van der Waals surface area contributed by atoms with Gasteiger partial charge in [-0.3, -0.25) is 4.79 Å². The van der Waals surface area contributed by atoms with Gasteiger partial charge in [0.25, 0.3) is 5.91 Å². The Hall–Kier alpha value is -1.90. The molecule has 1 aromatic carbocycles. The van der Waals surface area contributed by atoms with E-state index in [-0.39, 0.29) is 10.8 Å². The average molecular weight is 312 g/mol. The number of nitrogens with two attached hydrogens (primary N) is 1. The molecule has 2 aromatic rings. The summed E-state index contributed by atoms with van der Waals surface area (Å²) in [5, 5.41) is 9.39. The molecule has 0 unspecified atom stereocenters. The van der Waals surface area contributed by atoms with Crippen LogP contribution in [0, 0.1) is 0 Å². The molecule has 0 aliphatic heterocycles. The van der Waals surface area contributed by atoms with Crippen molar-refractivity contribution in [2.75, 3.05) is 12.4 Å². The lowest BCUT2D eigenvalue weighted by Crippen LogP contribution is -2.13. The lowest BCUT2D eigenvalue weighted by molar-refractivity contribution is 0.102. The van der Waals surface area contributed by atoms with Crippen molar-refractivity contribution in [3.05, 3.63) is 40.6 Å². The van der Waals surface area contributed by atoms with Crippen LogP contribution in [0.15, 0.2) is 40.6 Å². The van der Waals surface area contributed by atoms with Gasteiger partial charge in [-0.15, -0.1) is 11.3 Å². The lowest BCUT2D eigenvalue weighted by atomic mass is 10.3. The fourth-order valence-corrected chi connectivity index (χ4v) is 2.81. The van der Waals surface area contributed by atoms with Crippen LogP contribution in [0.5, 0.6) is 5.75 Å². The summed E-state index contributed by atoms with van der Waals surface area (Å²) >= 11 is 1.26. The van der Waals surface area contributed by atoms with E-state index in [9.17, 15) is 13.2 Å². The van der Waals surface area contributed by atoms with Crippen molar-refractivity contribution in [2.45, 2.75) is 4.90 Å². The average Bonchev–Trinajstić information content (AvgIpc) is 2.86. The highest BCUT2D eigenvalue weighted by atomic mass is 32.2. The van der Waals surface area contributed by atoms with Gasteiger partial charge in [-0.1, -0.05) is 0 Å². The highest BCUT2D eigenvalue weighted by Crippen LogP contribution is 2.25. The first-order valence-corrected chi connectivity index (χ1v) is 7.90. The number of anilines is 1. The molecule has 0 fully saturated rings. The first-order valence-electron chi connectivity index (χ1n) is 5.47. The molecule has 1 amide bonds. The van der Waals surface area contributed by atoms with E-state index in [1.165, 1.54) is 42.7 Å². The number of hydrogen-bond acceptors (Lipinski definition) is 5. The molecule has 20 heavy (non-hydrogen) atoms. The minimum Gasteiger partial charge on any atom is -0.495 e. The molecule has 0 spiro atoms. The van der Waals surface area contributed by atoms with E-state index in [4.69, 9.17) is 9.88 Å². The number of sulfonamides is 1. The summed E-state index contributed by atoms with van der Waals surface area (Å²) in [6.45, 7) is 0. The van der Waals surface area contributed by atoms with Gasteiger partial charge in [0, 0.05) is 5.69 Å². The van der Waals surface area contributed by atoms with Crippen LogP contribution in [0.2, 0.25) is 0 Å². The second kappa shape index (κ2) is 5.61. The summed E-state index contributed by atoms with van der Waals surface area (Å²) in [5.74, 6) is 0.175. The van der Waals surface area contributed by atoms with Gasteiger partial charge in [-0.25, -0.2) is 13.6 Å². The molecule has 2 rings (SSSR count). The maximum atomic E-state index is 12.0. The van der Waals surface area contributed by atoms with Gasteiger partial charge >= 0.3 is 0 Å². The Morgan fingerprint density at radius 3 is 2.45 bits per heavy atom. The monoisotopic (exact) mass is 312 g/mol. The molecule has 106 valence electrons. The maximum Gasteiger partial charge on any atom is 0.269 e. The first kappa shape index (κ1) is 14.5. The molecule has 0 saturated heterocycles. The quantitative estimate of drug-likeness (QED) is 0.897. The van der Waals surface area contributed by atoms with Crippen LogP contribution in [0.3, 0.4) is 0 Å². The Morgan fingerprint density at radius 1 is 1.25 bits per heavy atom. The predicted molar refractivity (Wildman–Crippen MR) is 76.6 cm³/mol. The SMILES string of the molecule is COc1ccsc1C(=O)Nc1ccc(S(N)(=O)=O)cc1. The van der Waals surface area contributed by atoms with Gasteiger partial charge in [-0.2, -0.15) is 0 Å². The summed E-state index contributed by atoms with van der Waals surface area (Å²) in [5.41, 5.74) is 0.470. The van der Waals surface area contributed by atoms with Crippen LogP contribution < -0.4 is 15.2 Å². The largest absolute Gasteiger partial charge is 0.495 e. The highest BCUT2D eigenvalue weighted by Gasteiger charge is 2.14. The van der Waals surface area contributed by atoms with Gasteiger partial charge in [0.1, 0.15) is 10.6 Å². The summed E-state index contributed by atoms with van der Waals surface area (Å²) in [6, 6.07) is 7.30. The summed E-state index contributed by atoms with van der Waals surface area (Å²) in [6.07, 6.45) is 0. The van der Waals surface area contributed by atoms with Gasteiger partial charge in [-0.05, 0) is 35.7 Å². The zero-order valence-electron chi connectivity index (χ0n) is 10.5. The van der Waals surface area contributed by atoms with E-state index >= 15 is 0 Å². The Kier molecular flexibility index (Phi) is 4.07. The third-order valence-corrected chi connectivity index (χ3v) is 4.32. The van der Waals surface area contributed by atoms with Crippen LogP contribution in [0.4, 0.5) is 5.69 Å². The molecule has 0 bridgehead atoms. The number of methoxy groups -OCH3 is 1. The molecule has 0 aliphatic carbocycles. The van der Waals surface area contributed by atoms with E-state index in [0.29, 0.717) is 16.3 Å². The van der Waals surface area contributed by atoms with Crippen LogP contribution in [0.25, 0.3) is 0 Å². The topological polar surface area (TPSA) is 98.5 Å². The van der Waals surface area contributed by atoms with Crippen molar-refractivity contribution >= 4 is 33.0 Å². The number of primary sulfonamides is 1. The molecule has 6 nitrogen and oxygen atoms in total. The smallest absolute Gasteiger partial charge is 0.269 e. The van der Waals surface area contributed by atoms with Gasteiger partial charge in [0.05, 0.1) is 12.0 Å². The van der Waals surface area contributed by atoms with Crippen LogP contribution >= 0.6 is 11.3 Å². The van der Waals surface area contributed by atoms with Crippen molar-refractivity contribution in [3.63, 3.8) is 0 Å². The third-order valence-electron chi connectivity index (χ3n) is 2.50. The van der Waals surface area contributed by atoms with E-state index in [1.54, 1.807) is 11.4 Å². The number of thiophene rings is 1.